The summed E-state index contributed by atoms with van der Waals surface area (Å²) < 4.78 is 16.0. The van der Waals surface area contributed by atoms with Gasteiger partial charge in [0, 0.05) is 12.1 Å². The van der Waals surface area contributed by atoms with Crippen molar-refractivity contribution in [1.82, 2.24) is 10.3 Å². The first-order chi connectivity index (χ1) is 12.7. The Morgan fingerprint density at radius 3 is 2.42 bits per heavy atom. The molecule has 0 fully saturated rings. The minimum atomic E-state index is -0.293. The van der Waals surface area contributed by atoms with Gasteiger partial charge in [-0.2, -0.15) is 0 Å². The van der Waals surface area contributed by atoms with Gasteiger partial charge in [-0.1, -0.05) is 12.1 Å². The number of rotatable bonds is 7. The van der Waals surface area contributed by atoms with Crippen LogP contribution in [0.15, 0.2) is 59.3 Å². The molecular weight excluding hydrogens is 332 g/mol. The molecule has 3 aromatic rings. The number of amides is 1. The second kappa shape index (κ2) is 8.20. The Morgan fingerprint density at radius 1 is 1.08 bits per heavy atom. The van der Waals surface area contributed by atoms with E-state index >= 15 is 0 Å². The summed E-state index contributed by atoms with van der Waals surface area (Å²) in [4.78, 5) is 16.5. The average molecular weight is 352 g/mol. The van der Waals surface area contributed by atoms with Crippen molar-refractivity contribution in [3.63, 3.8) is 0 Å². The van der Waals surface area contributed by atoms with Crippen molar-refractivity contribution >= 4 is 5.91 Å². The number of hydrogen-bond acceptors (Lipinski definition) is 5. The summed E-state index contributed by atoms with van der Waals surface area (Å²) >= 11 is 0. The lowest BCUT2D eigenvalue weighted by Crippen LogP contribution is -2.23. The Morgan fingerprint density at radius 2 is 1.77 bits per heavy atom. The molecule has 1 aromatic heterocycles. The minimum Gasteiger partial charge on any atom is -0.497 e. The standard InChI is InChI=1S/C20H20N2O4/c1-3-25-17-8-4-14(5-9-17)12-21-20(23)18-19(26-13-22-18)15-6-10-16(24-2)11-7-15/h4-11,13H,3,12H2,1-2H3,(H,21,23). The molecule has 6 heteroatoms. The maximum Gasteiger partial charge on any atom is 0.274 e. The fourth-order valence-corrected chi connectivity index (χ4v) is 2.49. The lowest BCUT2D eigenvalue weighted by atomic mass is 10.1. The lowest BCUT2D eigenvalue weighted by Gasteiger charge is -2.07. The van der Waals surface area contributed by atoms with Crippen LogP contribution in [0.1, 0.15) is 23.0 Å². The molecule has 134 valence electrons. The number of methoxy groups -OCH3 is 1. The maximum absolute atomic E-state index is 12.5. The summed E-state index contributed by atoms with van der Waals surface area (Å²) in [6.07, 6.45) is 1.27. The van der Waals surface area contributed by atoms with Gasteiger partial charge in [-0.05, 0) is 48.9 Å². The minimum absolute atomic E-state index is 0.251. The number of benzene rings is 2. The van der Waals surface area contributed by atoms with E-state index in [1.54, 1.807) is 19.2 Å². The van der Waals surface area contributed by atoms with Gasteiger partial charge in [-0.25, -0.2) is 4.98 Å². The Labute approximate surface area is 151 Å². The zero-order valence-electron chi connectivity index (χ0n) is 14.7. The van der Waals surface area contributed by atoms with E-state index in [0.717, 1.165) is 22.6 Å². The molecule has 6 nitrogen and oxygen atoms in total. The molecule has 1 heterocycles. The van der Waals surface area contributed by atoms with E-state index < -0.39 is 0 Å². The molecule has 0 aliphatic heterocycles. The van der Waals surface area contributed by atoms with Gasteiger partial charge in [0.25, 0.3) is 5.91 Å². The first-order valence-corrected chi connectivity index (χ1v) is 8.29. The van der Waals surface area contributed by atoms with Crippen LogP contribution in [0, 0.1) is 0 Å². The van der Waals surface area contributed by atoms with Crippen LogP contribution in [0.3, 0.4) is 0 Å². The second-order valence-corrected chi connectivity index (χ2v) is 5.52. The zero-order chi connectivity index (χ0) is 18.4. The molecule has 0 bridgehead atoms. The van der Waals surface area contributed by atoms with Gasteiger partial charge in [-0.15, -0.1) is 0 Å². The number of oxazole rings is 1. The first kappa shape index (κ1) is 17.5. The summed E-state index contributed by atoms with van der Waals surface area (Å²) in [5, 5.41) is 2.86. The summed E-state index contributed by atoms with van der Waals surface area (Å²) in [6.45, 7) is 2.95. The number of ether oxygens (including phenoxy) is 2. The highest BCUT2D eigenvalue weighted by atomic mass is 16.5. The zero-order valence-corrected chi connectivity index (χ0v) is 14.7. The van der Waals surface area contributed by atoms with E-state index in [9.17, 15) is 4.79 Å². The van der Waals surface area contributed by atoms with Gasteiger partial charge in [-0.3, -0.25) is 4.79 Å². The third kappa shape index (κ3) is 4.03. The molecule has 0 aliphatic rings. The Balaban J connectivity index is 1.67. The van der Waals surface area contributed by atoms with Crippen molar-refractivity contribution in [3.8, 4) is 22.8 Å². The number of carbonyl (C=O) groups is 1. The molecule has 1 amide bonds. The molecule has 0 saturated carbocycles. The molecule has 0 spiro atoms. The monoisotopic (exact) mass is 352 g/mol. The number of nitrogens with zero attached hydrogens (tertiary/aromatic N) is 1. The quantitative estimate of drug-likeness (QED) is 0.702. The fourth-order valence-electron chi connectivity index (χ4n) is 2.49. The predicted molar refractivity (Wildman–Crippen MR) is 97.3 cm³/mol. The molecule has 3 rings (SSSR count). The van der Waals surface area contributed by atoms with Gasteiger partial charge in [0.1, 0.15) is 11.5 Å². The third-order valence-corrected chi connectivity index (χ3v) is 3.82. The van der Waals surface area contributed by atoms with E-state index in [-0.39, 0.29) is 11.6 Å². The molecule has 2 aromatic carbocycles. The average Bonchev–Trinajstić information content (AvgIpc) is 3.17. The normalized spacial score (nSPS) is 10.4. The van der Waals surface area contributed by atoms with Crippen LogP contribution in [0.25, 0.3) is 11.3 Å². The van der Waals surface area contributed by atoms with Gasteiger partial charge >= 0.3 is 0 Å². The van der Waals surface area contributed by atoms with Crippen LogP contribution in [-0.4, -0.2) is 24.6 Å². The van der Waals surface area contributed by atoms with Crippen molar-refractivity contribution in [1.29, 1.82) is 0 Å². The maximum atomic E-state index is 12.5. The van der Waals surface area contributed by atoms with Crippen LogP contribution < -0.4 is 14.8 Å². The topological polar surface area (TPSA) is 73.6 Å². The Hall–Kier alpha value is -3.28. The van der Waals surface area contributed by atoms with Gasteiger partial charge in [0.2, 0.25) is 0 Å². The highest BCUT2D eigenvalue weighted by Crippen LogP contribution is 2.25. The van der Waals surface area contributed by atoms with E-state index in [1.807, 2.05) is 43.3 Å². The lowest BCUT2D eigenvalue weighted by molar-refractivity contribution is 0.0947. The first-order valence-electron chi connectivity index (χ1n) is 8.29. The number of hydrogen-bond donors (Lipinski definition) is 1. The highest BCUT2D eigenvalue weighted by molar-refractivity contribution is 5.97. The third-order valence-electron chi connectivity index (χ3n) is 3.82. The molecular formula is C20H20N2O4. The fraction of sp³-hybridized carbons (Fsp3) is 0.200. The summed E-state index contributed by atoms with van der Waals surface area (Å²) in [6, 6.07) is 14.8. The Kier molecular flexibility index (Phi) is 5.53. The molecule has 0 radical (unpaired) electrons. The SMILES string of the molecule is CCOc1ccc(CNC(=O)c2ncoc2-c2ccc(OC)cc2)cc1. The highest BCUT2D eigenvalue weighted by Gasteiger charge is 2.18. The molecule has 26 heavy (non-hydrogen) atoms. The smallest absolute Gasteiger partial charge is 0.274 e. The van der Waals surface area contributed by atoms with Gasteiger partial charge in [0.05, 0.1) is 13.7 Å². The van der Waals surface area contributed by atoms with Crippen molar-refractivity contribution in [2.75, 3.05) is 13.7 Å². The van der Waals surface area contributed by atoms with Crippen molar-refractivity contribution in [3.05, 3.63) is 66.2 Å². The largest absolute Gasteiger partial charge is 0.497 e. The molecule has 0 unspecified atom stereocenters. The van der Waals surface area contributed by atoms with E-state index in [0.29, 0.717) is 18.9 Å². The predicted octanol–water partition coefficient (Wildman–Crippen LogP) is 3.68. The van der Waals surface area contributed by atoms with E-state index in [4.69, 9.17) is 13.9 Å². The van der Waals surface area contributed by atoms with Crippen LogP contribution in [0.5, 0.6) is 11.5 Å². The van der Waals surface area contributed by atoms with Gasteiger partial charge in [0.15, 0.2) is 17.8 Å². The summed E-state index contributed by atoms with van der Waals surface area (Å²) in [5.74, 6) is 1.67. The molecule has 0 saturated heterocycles. The Bertz CT molecular complexity index is 854. The molecule has 0 aliphatic carbocycles. The van der Waals surface area contributed by atoms with Crippen molar-refractivity contribution in [2.45, 2.75) is 13.5 Å². The van der Waals surface area contributed by atoms with Crippen molar-refractivity contribution < 1.29 is 18.7 Å². The van der Waals surface area contributed by atoms with Crippen LogP contribution in [0.4, 0.5) is 0 Å². The number of carbonyl (C=O) groups excluding carboxylic acids is 1. The van der Waals surface area contributed by atoms with Crippen LogP contribution >= 0.6 is 0 Å². The summed E-state index contributed by atoms with van der Waals surface area (Å²) in [5.41, 5.74) is 1.98. The van der Waals surface area contributed by atoms with Gasteiger partial charge < -0.3 is 19.2 Å². The number of nitrogens with one attached hydrogen (secondary N) is 1. The van der Waals surface area contributed by atoms with Crippen LogP contribution in [0.2, 0.25) is 0 Å². The van der Waals surface area contributed by atoms with E-state index in [1.165, 1.54) is 6.39 Å². The van der Waals surface area contributed by atoms with Crippen LogP contribution in [-0.2, 0) is 6.54 Å². The summed E-state index contributed by atoms with van der Waals surface area (Å²) in [7, 11) is 1.60. The number of aromatic nitrogens is 1. The van der Waals surface area contributed by atoms with E-state index in [2.05, 4.69) is 10.3 Å². The van der Waals surface area contributed by atoms with Crippen molar-refractivity contribution in [2.24, 2.45) is 0 Å². The second-order valence-electron chi connectivity index (χ2n) is 5.52. The molecule has 1 N–H and O–H groups in total. The molecule has 0 atom stereocenters.